The molecule has 0 unspecified atom stereocenters. The van der Waals surface area contributed by atoms with E-state index in [1.54, 1.807) is 0 Å². The van der Waals surface area contributed by atoms with Crippen molar-refractivity contribution >= 4 is 5.97 Å². The van der Waals surface area contributed by atoms with Crippen molar-refractivity contribution in [1.29, 1.82) is 0 Å². The maximum atomic E-state index is 11.1. The fourth-order valence-corrected chi connectivity index (χ4v) is 1.68. The molecule has 1 N–H and O–H groups in total. The molecule has 0 saturated heterocycles. The lowest BCUT2D eigenvalue weighted by atomic mass is 9.86. The molecule has 1 aliphatic carbocycles. The third-order valence-electron chi connectivity index (χ3n) is 2.64. The predicted octanol–water partition coefficient (Wildman–Crippen LogP) is 2.18. The average molecular weight is 184 g/mol. The van der Waals surface area contributed by atoms with Crippen LogP contribution in [0.3, 0.4) is 0 Å². The van der Waals surface area contributed by atoms with Crippen LogP contribution in [0.4, 0.5) is 0 Å². The first-order valence-electron chi connectivity index (χ1n) is 4.68. The van der Waals surface area contributed by atoms with Crippen LogP contribution in [0.15, 0.2) is 11.3 Å². The lowest BCUT2D eigenvalue weighted by Gasteiger charge is -2.21. The molecule has 0 radical (unpaired) electrons. The molecule has 0 spiro atoms. The van der Waals surface area contributed by atoms with Gasteiger partial charge in [0.25, 0.3) is 0 Å². The summed E-state index contributed by atoms with van der Waals surface area (Å²) in [5, 5.41) is 9.55. The van der Waals surface area contributed by atoms with Crippen LogP contribution >= 0.6 is 0 Å². The normalized spacial score (nSPS) is 23.1. The van der Waals surface area contributed by atoms with Crippen molar-refractivity contribution in [3.63, 3.8) is 0 Å². The smallest absolute Gasteiger partial charge is 0.337 e. The van der Waals surface area contributed by atoms with Gasteiger partial charge in [0, 0.05) is 6.42 Å². The van der Waals surface area contributed by atoms with Gasteiger partial charge in [0.05, 0.1) is 12.7 Å². The minimum atomic E-state index is -0.382. The van der Waals surface area contributed by atoms with Crippen molar-refractivity contribution in [2.75, 3.05) is 7.11 Å². The van der Waals surface area contributed by atoms with E-state index >= 15 is 0 Å². The van der Waals surface area contributed by atoms with Gasteiger partial charge in [-0.1, -0.05) is 13.3 Å². The zero-order valence-electron chi connectivity index (χ0n) is 8.17. The van der Waals surface area contributed by atoms with Crippen LogP contribution in [-0.2, 0) is 9.53 Å². The molecule has 1 aliphatic rings. The Hall–Kier alpha value is -0.990. The summed E-state index contributed by atoms with van der Waals surface area (Å²) in [6, 6.07) is 0. The molecule has 1 atom stereocenters. The Bertz CT molecular complexity index is 230. The average Bonchev–Trinajstić information content (AvgIpc) is 2.16. The first-order valence-corrected chi connectivity index (χ1v) is 4.68. The van der Waals surface area contributed by atoms with Crippen molar-refractivity contribution in [2.45, 2.75) is 32.6 Å². The molecule has 3 nitrogen and oxygen atoms in total. The molecule has 0 aromatic heterocycles. The monoisotopic (exact) mass is 184 g/mol. The number of ether oxygens (including phenoxy) is 1. The van der Waals surface area contributed by atoms with E-state index in [0.29, 0.717) is 24.3 Å². The van der Waals surface area contributed by atoms with Crippen molar-refractivity contribution in [1.82, 2.24) is 0 Å². The SMILES string of the molecule is CC[C@H]1CCC(C(=O)OC)=C(O)C1. The van der Waals surface area contributed by atoms with Gasteiger partial charge in [0.15, 0.2) is 0 Å². The number of esters is 1. The number of aliphatic hydroxyl groups excluding tert-OH is 1. The minimum absolute atomic E-state index is 0.227. The molecule has 1 rings (SSSR count). The highest BCUT2D eigenvalue weighted by molar-refractivity contribution is 5.89. The number of methoxy groups -OCH3 is 1. The van der Waals surface area contributed by atoms with E-state index in [-0.39, 0.29) is 11.7 Å². The predicted molar refractivity (Wildman–Crippen MR) is 49.3 cm³/mol. The van der Waals surface area contributed by atoms with E-state index < -0.39 is 0 Å². The van der Waals surface area contributed by atoms with Crippen molar-refractivity contribution in [2.24, 2.45) is 5.92 Å². The summed E-state index contributed by atoms with van der Waals surface area (Å²) in [6.45, 7) is 2.10. The van der Waals surface area contributed by atoms with Gasteiger partial charge in [-0.15, -0.1) is 0 Å². The summed E-state index contributed by atoms with van der Waals surface area (Å²) in [5.74, 6) is 0.366. The van der Waals surface area contributed by atoms with E-state index in [2.05, 4.69) is 11.7 Å². The molecule has 0 amide bonds. The molecule has 0 aromatic rings. The second kappa shape index (κ2) is 4.30. The number of aliphatic hydroxyl groups is 1. The topological polar surface area (TPSA) is 46.5 Å². The Morgan fingerprint density at radius 3 is 2.85 bits per heavy atom. The van der Waals surface area contributed by atoms with E-state index in [0.717, 1.165) is 12.8 Å². The first kappa shape index (κ1) is 10.1. The van der Waals surface area contributed by atoms with Gasteiger partial charge in [-0.3, -0.25) is 0 Å². The zero-order chi connectivity index (χ0) is 9.84. The van der Waals surface area contributed by atoms with Gasteiger partial charge in [-0.05, 0) is 18.8 Å². The molecule has 0 aliphatic heterocycles. The van der Waals surface area contributed by atoms with Crippen LogP contribution in [0, 0.1) is 5.92 Å². The van der Waals surface area contributed by atoms with Crippen molar-refractivity contribution < 1.29 is 14.6 Å². The minimum Gasteiger partial charge on any atom is -0.512 e. The molecule has 0 bridgehead atoms. The van der Waals surface area contributed by atoms with Gasteiger partial charge in [-0.2, -0.15) is 0 Å². The number of hydrogen-bond acceptors (Lipinski definition) is 3. The van der Waals surface area contributed by atoms with Gasteiger partial charge < -0.3 is 9.84 Å². The molecular formula is C10H16O3. The van der Waals surface area contributed by atoms with Crippen LogP contribution in [0.1, 0.15) is 32.6 Å². The summed E-state index contributed by atoms with van der Waals surface area (Å²) in [4.78, 5) is 11.1. The fourth-order valence-electron chi connectivity index (χ4n) is 1.68. The van der Waals surface area contributed by atoms with Gasteiger partial charge in [0.2, 0.25) is 0 Å². The van der Waals surface area contributed by atoms with E-state index in [9.17, 15) is 9.90 Å². The highest BCUT2D eigenvalue weighted by Gasteiger charge is 2.24. The Labute approximate surface area is 78.4 Å². The molecule has 0 saturated carbocycles. The van der Waals surface area contributed by atoms with Crippen LogP contribution in [0.25, 0.3) is 0 Å². The maximum Gasteiger partial charge on any atom is 0.337 e. The Morgan fingerprint density at radius 1 is 1.69 bits per heavy atom. The number of carbonyl (C=O) groups is 1. The zero-order valence-corrected chi connectivity index (χ0v) is 8.17. The lowest BCUT2D eigenvalue weighted by molar-refractivity contribution is -0.136. The van der Waals surface area contributed by atoms with Crippen LogP contribution in [-0.4, -0.2) is 18.2 Å². The quantitative estimate of drug-likeness (QED) is 0.669. The van der Waals surface area contributed by atoms with E-state index in [1.807, 2.05) is 0 Å². The second-order valence-corrected chi connectivity index (χ2v) is 3.43. The summed E-state index contributed by atoms with van der Waals surface area (Å²) >= 11 is 0. The fraction of sp³-hybridized carbons (Fsp3) is 0.700. The van der Waals surface area contributed by atoms with Crippen molar-refractivity contribution in [3.8, 4) is 0 Å². The summed E-state index contributed by atoms with van der Waals surface area (Å²) in [5.41, 5.74) is 0.465. The van der Waals surface area contributed by atoms with Crippen molar-refractivity contribution in [3.05, 3.63) is 11.3 Å². The maximum absolute atomic E-state index is 11.1. The molecule has 3 heteroatoms. The summed E-state index contributed by atoms with van der Waals surface area (Å²) in [7, 11) is 1.34. The molecular weight excluding hydrogens is 168 g/mol. The molecule has 0 fully saturated rings. The highest BCUT2D eigenvalue weighted by atomic mass is 16.5. The van der Waals surface area contributed by atoms with Gasteiger partial charge in [0.1, 0.15) is 5.76 Å². The molecule has 74 valence electrons. The first-order chi connectivity index (χ1) is 6.19. The second-order valence-electron chi connectivity index (χ2n) is 3.43. The molecule has 13 heavy (non-hydrogen) atoms. The van der Waals surface area contributed by atoms with Gasteiger partial charge in [-0.25, -0.2) is 4.79 Å². The standard InChI is InChI=1S/C10H16O3/c1-3-7-4-5-8(9(11)6-7)10(12)13-2/h7,11H,3-6H2,1-2H3/t7-/m0/s1. The third kappa shape index (κ3) is 2.23. The largest absolute Gasteiger partial charge is 0.512 e. The highest BCUT2D eigenvalue weighted by Crippen LogP contribution is 2.30. The van der Waals surface area contributed by atoms with Crippen LogP contribution in [0.2, 0.25) is 0 Å². The summed E-state index contributed by atoms with van der Waals surface area (Å²) in [6.07, 6.45) is 3.31. The lowest BCUT2D eigenvalue weighted by Crippen LogP contribution is -2.16. The third-order valence-corrected chi connectivity index (χ3v) is 2.64. The number of rotatable bonds is 2. The molecule has 0 aromatic carbocycles. The Kier molecular flexibility index (Phi) is 3.34. The Morgan fingerprint density at radius 2 is 2.38 bits per heavy atom. The molecule has 0 heterocycles. The number of hydrogen-bond donors (Lipinski definition) is 1. The van der Waals surface area contributed by atoms with Crippen LogP contribution < -0.4 is 0 Å². The number of allylic oxidation sites excluding steroid dienone is 1. The van der Waals surface area contributed by atoms with E-state index in [1.165, 1.54) is 7.11 Å². The van der Waals surface area contributed by atoms with Gasteiger partial charge >= 0.3 is 5.97 Å². The van der Waals surface area contributed by atoms with Crippen LogP contribution in [0.5, 0.6) is 0 Å². The summed E-state index contributed by atoms with van der Waals surface area (Å²) < 4.78 is 4.57. The Balaban J connectivity index is 2.70. The number of carbonyl (C=O) groups excluding carboxylic acids is 1. The van der Waals surface area contributed by atoms with E-state index in [4.69, 9.17) is 0 Å².